The van der Waals surface area contributed by atoms with Crippen molar-refractivity contribution in [3.05, 3.63) is 182 Å². The number of nitrogens with zero attached hydrogens (tertiary/aromatic N) is 4. The molecule has 12 rings (SSSR count). The van der Waals surface area contributed by atoms with E-state index >= 15 is 0 Å². The predicted molar refractivity (Wildman–Crippen MR) is 230 cm³/mol. The number of hydrogen-bond acceptors (Lipinski definition) is 5. The molecule has 0 aliphatic carbocycles. The van der Waals surface area contributed by atoms with Gasteiger partial charge in [0, 0.05) is 60.8 Å². The molecule has 12 aromatic rings. The van der Waals surface area contributed by atoms with Crippen molar-refractivity contribution in [2.24, 2.45) is 0 Å². The predicted octanol–water partition coefficient (Wildman–Crippen LogP) is 13.4. The van der Waals surface area contributed by atoms with Gasteiger partial charge in [0.15, 0.2) is 17.5 Å². The maximum Gasteiger partial charge on any atom is 0.164 e. The summed E-state index contributed by atoms with van der Waals surface area (Å²) in [6, 6.07) is 62.7. The molecule has 0 aliphatic heterocycles. The van der Waals surface area contributed by atoms with Gasteiger partial charge in [-0.1, -0.05) is 127 Å². The summed E-state index contributed by atoms with van der Waals surface area (Å²) >= 11 is 0. The number of hydrogen-bond donors (Lipinski definition) is 0. The molecule has 0 aliphatic rings. The van der Waals surface area contributed by atoms with Crippen LogP contribution in [0.4, 0.5) is 0 Å². The van der Waals surface area contributed by atoms with Crippen LogP contribution >= 0.6 is 0 Å². The van der Waals surface area contributed by atoms with Gasteiger partial charge in [-0.2, -0.15) is 0 Å². The third kappa shape index (κ3) is 5.01. The van der Waals surface area contributed by atoms with E-state index in [1.54, 1.807) is 0 Å². The molecule has 57 heavy (non-hydrogen) atoms. The molecule has 0 saturated heterocycles. The van der Waals surface area contributed by atoms with Gasteiger partial charge in [-0.3, -0.25) is 0 Å². The van der Waals surface area contributed by atoms with Gasteiger partial charge in [0.1, 0.15) is 22.3 Å². The van der Waals surface area contributed by atoms with Crippen LogP contribution in [0.2, 0.25) is 0 Å². The lowest BCUT2D eigenvalue weighted by Gasteiger charge is -2.10. The van der Waals surface area contributed by atoms with Crippen LogP contribution in [0.1, 0.15) is 0 Å². The van der Waals surface area contributed by atoms with Crippen LogP contribution in [-0.2, 0) is 0 Å². The molecule has 4 aromatic heterocycles. The number of furan rings is 2. The lowest BCUT2D eigenvalue weighted by Crippen LogP contribution is -2.00. The van der Waals surface area contributed by atoms with Crippen molar-refractivity contribution in [3.63, 3.8) is 0 Å². The largest absolute Gasteiger partial charge is 0.456 e. The highest BCUT2D eigenvalue weighted by Crippen LogP contribution is 2.42. The van der Waals surface area contributed by atoms with Crippen LogP contribution in [0.25, 0.3) is 117 Å². The number of fused-ring (bicyclic) bond motifs is 9. The van der Waals surface area contributed by atoms with Gasteiger partial charge in [-0.05, 0) is 59.7 Å². The molecule has 0 atom stereocenters. The zero-order valence-corrected chi connectivity index (χ0v) is 30.4. The highest BCUT2D eigenvalue weighted by atomic mass is 16.3. The lowest BCUT2D eigenvalue weighted by atomic mass is 10.0. The molecule has 0 spiro atoms. The lowest BCUT2D eigenvalue weighted by molar-refractivity contribution is 0.669. The molecular weight excluding hydrogens is 701 g/mol. The van der Waals surface area contributed by atoms with Crippen molar-refractivity contribution in [3.8, 4) is 51.0 Å². The Labute approximate surface area is 325 Å². The highest BCUT2D eigenvalue weighted by molar-refractivity contribution is 6.19. The molecule has 0 saturated carbocycles. The SMILES string of the molecule is c1ccc(-c2ccc(-n3c4ccccc4c4cc5c(cc43)oc3cccc(-c4nc(-c6ccccc6)nc(-c6ccc7c(c6)oc6ccccc67)n4)c35)cc2)cc1. The van der Waals surface area contributed by atoms with Gasteiger partial charge in [0.05, 0.1) is 11.0 Å². The Bertz CT molecular complexity index is 3510. The molecular formula is C51H30N4O2. The van der Waals surface area contributed by atoms with Crippen LogP contribution in [0.3, 0.4) is 0 Å². The first-order valence-electron chi connectivity index (χ1n) is 19.0. The van der Waals surface area contributed by atoms with Crippen molar-refractivity contribution in [2.45, 2.75) is 0 Å². The Morgan fingerprint density at radius 2 is 0.930 bits per heavy atom. The molecule has 6 heteroatoms. The van der Waals surface area contributed by atoms with E-state index in [2.05, 4.69) is 114 Å². The standard InChI is InChI=1S/C51H30N4O2/c1-3-12-31(13-4-1)32-22-25-35(26-23-32)55-42-19-9-7-16-36(42)40-29-41-47(30-43(40)55)57-45-21-11-18-39(48(41)45)51-53-49(33-14-5-2-6-15-33)52-50(54-51)34-24-27-38-37-17-8-10-20-44(37)56-46(38)28-34/h1-30H. The molecule has 0 unspecified atom stereocenters. The zero-order valence-electron chi connectivity index (χ0n) is 30.4. The summed E-state index contributed by atoms with van der Waals surface area (Å²) in [4.78, 5) is 15.3. The summed E-state index contributed by atoms with van der Waals surface area (Å²) in [6.45, 7) is 0. The van der Waals surface area contributed by atoms with Crippen LogP contribution < -0.4 is 0 Å². The van der Waals surface area contributed by atoms with E-state index < -0.39 is 0 Å². The van der Waals surface area contributed by atoms with Gasteiger partial charge < -0.3 is 13.4 Å². The van der Waals surface area contributed by atoms with E-state index in [1.165, 1.54) is 16.5 Å². The van der Waals surface area contributed by atoms with Crippen molar-refractivity contribution >= 4 is 65.7 Å². The van der Waals surface area contributed by atoms with Crippen LogP contribution in [0.15, 0.2) is 191 Å². The topological polar surface area (TPSA) is 69.9 Å². The first-order valence-corrected chi connectivity index (χ1v) is 19.0. The van der Waals surface area contributed by atoms with E-state index in [1.807, 2.05) is 72.8 Å². The molecule has 0 fully saturated rings. The fourth-order valence-electron chi connectivity index (χ4n) is 8.39. The smallest absolute Gasteiger partial charge is 0.164 e. The average molecular weight is 731 g/mol. The number of aromatic nitrogens is 4. The van der Waals surface area contributed by atoms with Gasteiger partial charge in [0.25, 0.3) is 0 Å². The summed E-state index contributed by atoms with van der Waals surface area (Å²) in [5.41, 5.74) is 11.5. The minimum atomic E-state index is 0.565. The van der Waals surface area contributed by atoms with E-state index in [0.717, 1.165) is 82.7 Å². The Morgan fingerprint density at radius 3 is 1.75 bits per heavy atom. The van der Waals surface area contributed by atoms with Gasteiger partial charge in [-0.25, -0.2) is 15.0 Å². The zero-order chi connectivity index (χ0) is 37.5. The van der Waals surface area contributed by atoms with E-state index in [0.29, 0.717) is 17.5 Å². The van der Waals surface area contributed by atoms with Crippen LogP contribution in [0, 0.1) is 0 Å². The van der Waals surface area contributed by atoms with Crippen molar-refractivity contribution in [1.82, 2.24) is 19.5 Å². The molecule has 266 valence electrons. The third-order valence-electron chi connectivity index (χ3n) is 11.1. The van der Waals surface area contributed by atoms with E-state index in [-0.39, 0.29) is 0 Å². The average Bonchev–Trinajstić information content (AvgIpc) is 3.95. The molecule has 0 N–H and O–H groups in total. The number of rotatable bonds is 5. The number of para-hydroxylation sites is 2. The van der Waals surface area contributed by atoms with Gasteiger partial charge in [-0.15, -0.1) is 0 Å². The fraction of sp³-hybridized carbons (Fsp3) is 0. The normalized spacial score (nSPS) is 11.9. The third-order valence-corrected chi connectivity index (χ3v) is 11.1. The maximum atomic E-state index is 6.70. The maximum absolute atomic E-state index is 6.70. The highest BCUT2D eigenvalue weighted by Gasteiger charge is 2.21. The van der Waals surface area contributed by atoms with Gasteiger partial charge >= 0.3 is 0 Å². The Hall–Kier alpha value is -7.83. The van der Waals surface area contributed by atoms with E-state index in [4.69, 9.17) is 23.8 Å². The van der Waals surface area contributed by atoms with Crippen molar-refractivity contribution in [2.75, 3.05) is 0 Å². The number of benzene rings is 8. The summed E-state index contributed by atoms with van der Waals surface area (Å²) < 4.78 is 15.3. The molecule has 8 aromatic carbocycles. The quantitative estimate of drug-likeness (QED) is 0.176. The molecule has 4 heterocycles. The molecule has 6 nitrogen and oxygen atoms in total. The Morgan fingerprint density at radius 1 is 0.333 bits per heavy atom. The molecule has 0 bridgehead atoms. The Kier molecular flexibility index (Phi) is 6.83. The van der Waals surface area contributed by atoms with Crippen LogP contribution in [0.5, 0.6) is 0 Å². The molecule has 0 radical (unpaired) electrons. The van der Waals surface area contributed by atoms with Gasteiger partial charge in [0.2, 0.25) is 0 Å². The summed E-state index contributed by atoms with van der Waals surface area (Å²) in [5.74, 6) is 1.72. The summed E-state index contributed by atoms with van der Waals surface area (Å²) in [7, 11) is 0. The van der Waals surface area contributed by atoms with Crippen LogP contribution in [-0.4, -0.2) is 19.5 Å². The van der Waals surface area contributed by atoms with E-state index in [9.17, 15) is 0 Å². The monoisotopic (exact) mass is 730 g/mol. The Balaban J connectivity index is 1.06. The minimum Gasteiger partial charge on any atom is -0.456 e. The molecule has 0 amide bonds. The fourth-order valence-corrected chi connectivity index (χ4v) is 8.39. The first kappa shape index (κ1) is 31.5. The first-order chi connectivity index (χ1) is 28.2. The summed E-state index contributed by atoms with van der Waals surface area (Å²) in [5, 5.41) is 6.41. The second-order valence-corrected chi connectivity index (χ2v) is 14.4. The summed E-state index contributed by atoms with van der Waals surface area (Å²) in [6.07, 6.45) is 0. The minimum absolute atomic E-state index is 0.565. The van der Waals surface area contributed by atoms with Crippen molar-refractivity contribution < 1.29 is 8.83 Å². The second kappa shape index (κ2) is 12.3. The van der Waals surface area contributed by atoms with Crippen molar-refractivity contribution in [1.29, 1.82) is 0 Å². The second-order valence-electron chi connectivity index (χ2n) is 14.4.